The summed E-state index contributed by atoms with van der Waals surface area (Å²) in [7, 11) is 0. The standard InChI is InChI=1S/C19H17N3O4/c23-19(21-12-15-2-1-7-24-15)13-3-6-18(20-11-13)22-14-4-5-16-17(10-14)26-9-8-25-16/h1-7,10-11H,8-9,12H2,(H,20,22)(H,21,23). The number of nitrogens with one attached hydrogen (secondary N) is 2. The van der Waals surface area contributed by atoms with Gasteiger partial charge in [-0.3, -0.25) is 4.79 Å². The molecule has 2 aromatic heterocycles. The second-order valence-electron chi connectivity index (χ2n) is 5.68. The van der Waals surface area contributed by atoms with Crippen molar-refractivity contribution in [3.05, 3.63) is 66.2 Å². The molecule has 1 aromatic carbocycles. The first-order chi connectivity index (χ1) is 12.8. The largest absolute Gasteiger partial charge is 0.486 e. The van der Waals surface area contributed by atoms with Crippen molar-refractivity contribution in [1.29, 1.82) is 0 Å². The minimum atomic E-state index is -0.209. The number of hydrogen-bond acceptors (Lipinski definition) is 6. The molecule has 1 aliphatic heterocycles. The monoisotopic (exact) mass is 351 g/mol. The molecule has 0 radical (unpaired) electrons. The predicted molar refractivity (Wildman–Crippen MR) is 94.8 cm³/mol. The zero-order valence-corrected chi connectivity index (χ0v) is 13.9. The molecule has 0 saturated carbocycles. The topological polar surface area (TPSA) is 85.6 Å². The zero-order valence-electron chi connectivity index (χ0n) is 13.9. The quantitative estimate of drug-likeness (QED) is 0.735. The minimum Gasteiger partial charge on any atom is -0.486 e. The molecule has 0 atom stereocenters. The number of amides is 1. The Balaban J connectivity index is 1.39. The molecule has 0 fully saturated rings. The van der Waals surface area contributed by atoms with Crippen LogP contribution in [0.1, 0.15) is 16.1 Å². The Morgan fingerprint density at radius 2 is 1.96 bits per heavy atom. The van der Waals surface area contributed by atoms with E-state index >= 15 is 0 Å². The van der Waals surface area contributed by atoms with Gasteiger partial charge in [-0.15, -0.1) is 0 Å². The number of carbonyl (C=O) groups excluding carboxylic acids is 1. The van der Waals surface area contributed by atoms with Gasteiger partial charge in [-0.1, -0.05) is 0 Å². The third-order valence-electron chi connectivity index (χ3n) is 3.84. The number of anilines is 2. The summed E-state index contributed by atoms with van der Waals surface area (Å²) >= 11 is 0. The van der Waals surface area contributed by atoms with E-state index in [-0.39, 0.29) is 5.91 Å². The molecule has 7 nitrogen and oxygen atoms in total. The molecule has 4 rings (SSSR count). The Morgan fingerprint density at radius 1 is 1.08 bits per heavy atom. The summed E-state index contributed by atoms with van der Waals surface area (Å²) in [5.41, 5.74) is 1.31. The van der Waals surface area contributed by atoms with Crippen LogP contribution >= 0.6 is 0 Å². The molecule has 0 spiro atoms. The Labute approximate surface area is 150 Å². The SMILES string of the molecule is O=C(NCc1ccco1)c1ccc(Nc2ccc3c(c2)OCCO3)nc1. The van der Waals surface area contributed by atoms with E-state index in [2.05, 4.69) is 15.6 Å². The van der Waals surface area contributed by atoms with Crippen LogP contribution in [0.4, 0.5) is 11.5 Å². The van der Waals surface area contributed by atoms with Gasteiger partial charge in [0.05, 0.1) is 18.4 Å². The molecule has 2 N–H and O–H groups in total. The summed E-state index contributed by atoms with van der Waals surface area (Å²) in [6.07, 6.45) is 3.10. The minimum absolute atomic E-state index is 0.209. The van der Waals surface area contributed by atoms with E-state index in [1.807, 2.05) is 18.2 Å². The van der Waals surface area contributed by atoms with Gasteiger partial charge < -0.3 is 24.5 Å². The van der Waals surface area contributed by atoms with Gasteiger partial charge in [-0.2, -0.15) is 0 Å². The van der Waals surface area contributed by atoms with Crippen LogP contribution in [0.15, 0.2) is 59.3 Å². The summed E-state index contributed by atoms with van der Waals surface area (Å²) in [6, 6.07) is 12.6. The fraction of sp³-hybridized carbons (Fsp3) is 0.158. The first-order valence-corrected chi connectivity index (χ1v) is 8.21. The first-order valence-electron chi connectivity index (χ1n) is 8.21. The van der Waals surface area contributed by atoms with Gasteiger partial charge in [0.1, 0.15) is 24.8 Å². The van der Waals surface area contributed by atoms with E-state index in [9.17, 15) is 4.79 Å². The Bertz CT molecular complexity index is 892. The van der Waals surface area contributed by atoms with Crippen molar-refractivity contribution in [3.8, 4) is 11.5 Å². The second-order valence-corrected chi connectivity index (χ2v) is 5.68. The van der Waals surface area contributed by atoms with Crippen molar-refractivity contribution in [2.24, 2.45) is 0 Å². The summed E-state index contributed by atoms with van der Waals surface area (Å²) in [5.74, 6) is 2.56. The molecule has 3 aromatic rings. The number of pyridine rings is 1. The number of aromatic nitrogens is 1. The lowest BCUT2D eigenvalue weighted by Gasteiger charge is -2.19. The fourth-order valence-electron chi connectivity index (χ4n) is 2.55. The van der Waals surface area contributed by atoms with Crippen LogP contribution in [0, 0.1) is 0 Å². The van der Waals surface area contributed by atoms with E-state index in [1.165, 1.54) is 6.20 Å². The molecule has 26 heavy (non-hydrogen) atoms. The molecule has 0 unspecified atom stereocenters. The van der Waals surface area contributed by atoms with E-state index in [1.54, 1.807) is 30.5 Å². The second kappa shape index (κ2) is 7.18. The highest BCUT2D eigenvalue weighted by molar-refractivity contribution is 5.94. The number of rotatable bonds is 5. The molecule has 7 heteroatoms. The average molecular weight is 351 g/mol. The van der Waals surface area contributed by atoms with Gasteiger partial charge in [0.2, 0.25) is 0 Å². The number of carbonyl (C=O) groups is 1. The number of ether oxygens (including phenoxy) is 2. The van der Waals surface area contributed by atoms with Crippen molar-refractivity contribution in [1.82, 2.24) is 10.3 Å². The smallest absolute Gasteiger partial charge is 0.253 e. The Hall–Kier alpha value is -3.48. The maximum absolute atomic E-state index is 12.1. The van der Waals surface area contributed by atoms with Crippen LogP contribution in [0.2, 0.25) is 0 Å². The number of furan rings is 1. The number of fused-ring (bicyclic) bond motifs is 1. The van der Waals surface area contributed by atoms with E-state index in [0.29, 0.717) is 42.6 Å². The molecule has 1 aliphatic rings. The van der Waals surface area contributed by atoms with E-state index < -0.39 is 0 Å². The third kappa shape index (κ3) is 3.61. The maximum atomic E-state index is 12.1. The van der Waals surface area contributed by atoms with Crippen molar-refractivity contribution < 1.29 is 18.7 Å². The van der Waals surface area contributed by atoms with Crippen molar-refractivity contribution in [3.63, 3.8) is 0 Å². The van der Waals surface area contributed by atoms with Crippen molar-refractivity contribution in [2.45, 2.75) is 6.54 Å². The molecule has 132 valence electrons. The fourth-order valence-corrected chi connectivity index (χ4v) is 2.55. The van der Waals surface area contributed by atoms with Gasteiger partial charge in [0, 0.05) is 18.0 Å². The van der Waals surface area contributed by atoms with E-state index in [0.717, 1.165) is 11.4 Å². The normalized spacial score (nSPS) is 12.5. The van der Waals surface area contributed by atoms with Crippen LogP contribution in [-0.4, -0.2) is 24.1 Å². The number of nitrogens with zero attached hydrogens (tertiary/aromatic N) is 1. The molecule has 0 aliphatic carbocycles. The predicted octanol–water partition coefficient (Wildman–Crippen LogP) is 3.12. The van der Waals surface area contributed by atoms with Crippen LogP contribution in [0.25, 0.3) is 0 Å². The lowest BCUT2D eigenvalue weighted by atomic mass is 10.2. The van der Waals surface area contributed by atoms with Crippen molar-refractivity contribution >= 4 is 17.4 Å². The maximum Gasteiger partial charge on any atom is 0.253 e. The molecular weight excluding hydrogens is 334 g/mol. The average Bonchev–Trinajstić information content (AvgIpc) is 3.20. The Morgan fingerprint density at radius 3 is 2.73 bits per heavy atom. The van der Waals surface area contributed by atoms with Crippen LogP contribution < -0.4 is 20.1 Å². The van der Waals surface area contributed by atoms with Gasteiger partial charge >= 0.3 is 0 Å². The van der Waals surface area contributed by atoms with Gasteiger partial charge in [0.25, 0.3) is 5.91 Å². The first kappa shape index (κ1) is 16.0. The number of hydrogen-bond donors (Lipinski definition) is 2. The lowest BCUT2D eigenvalue weighted by Crippen LogP contribution is -2.22. The van der Waals surface area contributed by atoms with Crippen LogP contribution in [0.5, 0.6) is 11.5 Å². The van der Waals surface area contributed by atoms with Crippen molar-refractivity contribution in [2.75, 3.05) is 18.5 Å². The van der Waals surface area contributed by atoms with Crippen LogP contribution in [-0.2, 0) is 6.54 Å². The molecule has 0 bridgehead atoms. The zero-order chi connectivity index (χ0) is 17.8. The van der Waals surface area contributed by atoms with Gasteiger partial charge in [-0.25, -0.2) is 4.98 Å². The summed E-state index contributed by atoms with van der Waals surface area (Å²) in [4.78, 5) is 16.4. The summed E-state index contributed by atoms with van der Waals surface area (Å²) in [6.45, 7) is 1.43. The van der Waals surface area contributed by atoms with Crippen LogP contribution in [0.3, 0.4) is 0 Å². The third-order valence-corrected chi connectivity index (χ3v) is 3.84. The molecule has 3 heterocycles. The molecular formula is C19H17N3O4. The highest BCUT2D eigenvalue weighted by atomic mass is 16.6. The highest BCUT2D eigenvalue weighted by Crippen LogP contribution is 2.33. The lowest BCUT2D eigenvalue weighted by molar-refractivity contribution is 0.0947. The number of benzene rings is 1. The van der Waals surface area contributed by atoms with Gasteiger partial charge in [0.15, 0.2) is 11.5 Å². The summed E-state index contributed by atoms with van der Waals surface area (Å²) in [5, 5.41) is 5.96. The highest BCUT2D eigenvalue weighted by Gasteiger charge is 2.12. The molecule has 0 saturated heterocycles. The van der Waals surface area contributed by atoms with Gasteiger partial charge in [-0.05, 0) is 36.4 Å². The Kier molecular flexibility index (Phi) is 4.42. The summed E-state index contributed by atoms with van der Waals surface area (Å²) < 4.78 is 16.3. The molecule has 1 amide bonds. The van der Waals surface area contributed by atoms with E-state index in [4.69, 9.17) is 13.9 Å².